The average molecular weight is 176 g/mol. The number of halogens is 1. The molecule has 0 aromatic carbocycles. The van der Waals surface area contributed by atoms with E-state index in [4.69, 9.17) is 11.6 Å². The molecular weight excluding hydrogens is 162 g/mol. The van der Waals surface area contributed by atoms with Crippen LogP contribution in [0.2, 0.25) is 0 Å². The summed E-state index contributed by atoms with van der Waals surface area (Å²) in [4.78, 5) is 12.9. The Bertz CT molecular complexity index is 161. The summed E-state index contributed by atoms with van der Waals surface area (Å²) >= 11 is 5.64. The quantitative estimate of drug-likeness (QED) is 0.601. The van der Waals surface area contributed by atoms with Crippen LogP contribution < -0.4 is 0 Å². The first kappa shape index (κ1) is 10.5. The zero-order chi connectivity index (χ0) is 8.85. The highest BCUT2D eigenvalue weighted by Gasteiger charge is 2.11. The van der Waals surface area contributed by atoms with Gasteiger partial charge in [-0.1, -0.05) is 17.7 Å². The molecule has 0 saturated heterocycles. The van der Waals surface area contributed by atoms with Gasteiger partial charge >= 0.3 is 0 Å². The lowest BCUT2D eigenvalue weighted by Gasteiger charge is -2.17. The molecule has 11 heavy (non-hydrogen) atoms. The van der Waals surface area contributed by atoms with Gasteiger partial charge in [-0.05, 0) is 20.8 Å². The number of rotatable bonds is 3. The lowest BCUT2D eigenvalue weighted by atomic mass is 10.4. The van der Waals surface area contributed by atoms with Gasteiger partial charge in [0.1, 0.15) is 5.03 Å². The second-order valence-corrected chi connectivity index (χ2v) is 2.52. The van der Waals surface area contributed by atoms with Crippen molar-refractivity contribution in [3.63, 3.8) is 0 Å². The molecule has 0 unspecified atom stereocenters. The Kier molecular flexibility index (Phi) is 4.95. The summed E-state index contributed by atoms with van der Waals surface area (Å²) in [6.45, 7) is 7.03. The van der Waals surface area contributed by atoms with Crippen molar-refractivity contribution in [3.05, 3.63) is 11.1 Å². The fraction of sp³-hybridized carbons (Fsp3) is 0.625. The van der Waals surface area contributed by atoms with Crippen molar-refractivity contribution >= 4 is 17.5 Å². The summed E-state index contributed by atoms with van der Waals surface area (Å²) in [5.41, 5.74) is 0. The van der Waals surface area contributed by atoms with Crippen LogP contribution in [-0.2, 0) is 4.79 Å². The molecule has 0 spiro atoms. The first-order valence-corrected chi connectivity index (χ1v) is 4.16. The molecule has 0 heterocycles. The predicted molar refractivity (Wildman–Crippen MR) is 47.5 cm³/mol. The Morgan fingerprint density at radius 3 is 2.18 bits per heavy atom. The summed E-state index contributed by atoms with van der Waals surface area (Å²) in [6.07, 6.45) is 1.61. The minimum Gasteiger partial charge on any atom is -0.338 e. The molecule has 0 aromatic rings. The number of allylic oxidation sites excluding steroid dienone is 1. The van der Waals surface area contributed by atoms with Crippen molar-refractivity contribution in [3.8, 4) is 0 Å². The highest BCUT2D eigenvalue weighted by atomic mass is 35.5. The van der Waals surface area contributed by atoms with E-state index >= 15 is 0 Å². The normalized spacial score (nSPS) is 11.5. The fourth-order valence-electron chi connectivity index (χ4n) is 0.785. The SMILES string of the molecule is CC=C(Cl)C(=O)N(CC)CC. The largest absolute Gasteiger partial charge is 0.338 e. The second-order valence-electron chi connectivity index (χ2n) is 2.11. The molecule has 0 fully saturated rings. The molecule has 3 heteroatoms. The second kappa shape index (κ2) is 5.19. The van der Waals surface area contributed by atoms with Gasteiger partial charge in [0, 0.05) is 13.1 Å². The van der Waals surface area contributed by atoms with Gasteiger partial charge in [-0.2, -0.15) is 0 Å². The third kappa shape index (κ3) is 2.93. The van der Waals surface area contributed by atoms with Crippen molar-refractivity contribution in [2.24, 2.45) is 0 Å². The Labute approximate surface area is 72.8 Å². The van der Waals surface area contributed by atoms with Crippen LogP contribution in [0.3, 0.4) is 0 Å². The molecule has 1 amide bonds. The van der Waals surface area contributed by atoms with Crippen LogP contribution >= 0.6 is 11.6 Å². The van der Waals surface area contributed by atoms with Gasteiger partial charge in [0.2, 0.25) is 0 Å². The van der Waals surface area contributed by atoms with E-state index in [1.807, 2.05) is 13.8 Å². The standard InChI is InChI=1S/C8H14ClNO/c1-4-7(9)8(11)10(5-2)6-3/h4H,5-6H2,1-3H3. The highest BCUT2D eigenvalue weighted by Crippen LogP contribution is 2.05. The molecule has 64 valence electrons. The predicted octanol–water partition coefficient (Wildman–Crippen LogP) is 2.00. The first-order valence-electron chi connectivity index (χ1n) is 3.78. The van der Waals surface area contributed by atoms with Crippen molar-refractivity contribution in [1.82, 2.24) is 4.90 Å². The van der Waals surface area contributed by atoms with E-state index < -0.39 is 0 Å². The zero-order valence-corrected chi connectivity index (χ0v) is 7.98. The van der Waals surface area contributed by atoms with Crippen LogP contribution in [0.5, 0.6) is 0 Å². The molecule has 0 atom stereocenters. The molecule has 2 nitrogen and oxygen atoms in total. The first-order chi connectivity index (χ1) is 5.17. The van der Waals surface area contributed by atoms with E-state index in [0.717, 1.165) is 0 Å². The van der Waals surface area contributed by atoms with Gasteiger partial charge < -0.3 is 4.90 Å². The molecule has 0 radical (unpaired) electrons. The molecule has 0 rings (SSSR count). The summed E-state index contributed by atoms with van der Waals surface area (Å²) < 4.78 is 0. The zero-order valence-electron chi connectivity index (χ0n) is 7.22. The fourth-order valence-corrected chi connectivity index (χ4v) is 0.905. The maximum atomic E-state index is 11.3. The Morgan fingerprint density at radius 1 is 1.45 bits per heavy atom. The van der Waals surface area contributed by atoms with E-state index in [2.05, 4.69) is 0 Å². The van der Waals surface area contributed by atoms with E-state index in [-0.39, 0.29) is 5.91 Å². The molecule has 0 aliphatic carbocycles. The van der Waals surface area contributed by atoms with Gasteiger partial charge in [0.25, 0.3) is 5.91 Å². The van der Waals surface area contributed by atoms with Gasteiger partial charge in [0.05, 0.1) is 0 Å². The maximum Gasteiger partial charge on any atom is 0.264 e. The summed E-state index contributed by atoms with van der Waals surface area (Å²) in [5.74, 6) is -0.0841. The van der Waals surface area contributed by atoms with Gasteiger partial charge in [0.15, 0.2) is 0 Å². The van der Waals surface area contributed by atoms with Gasteiger partial charge in [-0.3, -0.25) is 4.79 Å². The van der Waals surface area contributed by atoms with Crippen molar-refractivity contribution in [2.75, 3.05) is 13.1 Å². The Morgan fingerprint density at radius 2 is 1.91 bits per heavy atom. The maximum absolute atomic E-state index is 11.3. The minimum atomic E-state index is -0.0841. The Hall–Kier alpha value is -0.500. The molecule has 0 bridgehead atoms. The summed E-state index contributed by atoms with van der Waals surface area (Å²) in [5, 5.41) is 0.300. The number of hydrogen-bond acceptors (Lipinski definition) is 1. The van der Waals surface area contributed by atoms with Crippen molar-refractivity contribution in [2.45, 2.75) is 20.8 Å². The molecular formula is C8H14ClNO. The van der Waals surface area contributed by atoms with E-state index in [1.54, 1.807) is 17.9 Å². The van der Waals surface area contributed by atoms with Crippen LogP contribution in [0.25, 0.3) is 0 Å². The van der Waals surface area contributed by atoms with Gasteiger partial charge in [-0.15, -0.1) is 0 Å². The third-order valence-electron chi connectivity index (χ3n) is 1.51. The number of carbonyl (C=O) groups excluding carboxylic acids is 1. The third-order valence-corrected chi connectivity index (χ3v) is 1.89. The number of nitrogens with zero attached hydrogens (tertiary/aromatic N) is 1. The van der Waals surface area contributed by atoms with Crippen LogP contribution in [0.4, 0.5) is 0 Å². The summed E-state index contributed by atoms with van der Waals surface area (Å²) in [7, 11) is 0. The molecule has 0 aliphatic heterocycles. The molecule has 0 aromatic heterocycles. The summed E-state index contributed by atoms with van der Waals surface area (Å²) in [6, 6.07) is 0. The lowest BCUT2D eigenvalue weighted by Crippen LogP contribution is -2.30. The average Bonchev–Trinajstić information content (AvgIpc) is 2.05. The van der Waals surface area contributed by atoms with Crippen LogP contribution in [-0.4, -0.2) is 23.9 Å². The van der Waals surface area contributed by atoms with Crippen LogP contribution in [0.15, 0.2) is 11.1 Å². The van der Waals surface area contributed by atoms with Crippen LogP contribution in [0, 0.1) is 0 Å². The van der Waals surface area contributed by atoms with Crippen molar-refractivity contribution in [1.29, 1.82) is 0 Å². The highest BCUT2D eigenvalue weighted by molar-refractivity contribution is 6.42. The lowest BCUT2D eigenvalue weighted by molar-refractivity contribution is -0.126. The number of hydrogen-bond donors (Lipinski definition) is 0. The number of carbonyl (C=O) groups is 1. The van der Waals surface area contributed by atoms with Crippen LogP contribution in [0.1, 0.15) is 20.8 Å². The van der Waals surface area contributed by atoms with Gasteiger partial charge in [-0.25, -0.2) is 0 Å². The smallest absolute Gasteiger partial charge is 0.264 e. The van der Waals surface area contributed by atoms with Crippen molar-refractivity contribution < 1.29 is 4.79 Å². The van der Waals surface area contributed by atoms with E-state index in [1.165, 1.54) is 0 Å². The monoisotopic (exact) mass is 175 g/mol. The van der Waals surface area contributed by atoms with E-state index in [0.29, 0.717) is 18.1 Å². The number of likely N-dealkylation sites (N-methyl/N-ethyl adjacent to an activating group) is 1. The number of amides is 1. The van der Waals surface area contributed by atoms with E-state index in [9.17, 15) is 4.79 Å². The topological polar surface area (TPSA) is 20.3 Å². The molecule has 0 aliphatic rings. The molecule has 0 N–H and O–H groups in total. The minimum absolute atomic E-state index is 0.0841. The Balaban J connectivity index is 4.21. The molecule has 0 saturated carbocycles.